The summed E-state index contributed by atoms with van der Waals surface area (Å²) in [6, 6.07) is 123. The van der Waals surface area contributed by atoms with Gasteiger partial charge in [-0.2, -0.15) is 0 Å². The van der Waals surface area contributed by atoms with Gasteiger partial charge in [-0.25, -0.2) is 0 Å². The molecule has 0 saturated carbocycles. The summed E-state index contributed by atoms with van der Waals surface area (Å²) in [7, 11) is 0. The van der Waals surface area contributed by atoms with Crippen molar-refractivity contribution in [1.29, 1.82) is 0 Å². The van der Waals surface area contributed by atoms with E-state index in [1.54, 1.807) is 0 Å². The first kappa shape index (κ1) is 50.9. The van der Waals surface area contributed by atoms with Crippen LogP contribution in [-0.2, 0) is 0 Å². The zero-order valence-electron chi connectivity index (χ0n) is 50.1. The molecule has 0 atom stereocenters. The van der Waals surface area contributed by atoms with Crippen LogP contribution >= 0.6 is 0 Å². The minimum Gasteiger partial charge on any atom is -0.309 e. The Morgan fingerprint density at radius 1 is 0.120 bits per heavy atom. The molecule has 0 aliphatic rings. The summed E-state index contributed by atoms with van der Waals surface area (Å²) in [5.74, 6) is 0. The second-order valence-electron chi connectivity index (χ2n) is 25.0. The van der Waals surface area contributed by atoms with Crippen LogP contribution in [0.25, 0.3) is 196 Å². The van der Waals surface area contributed by atoms with E-state index in [0.29, 0.717) is 0 Å². The number of fused-ring (bicyclic) bond motifs is 24. The SMILES string of the molecule is c1ccc2c(c1)c1ccccc1c1cc(-c3cc(-c4ccc5c6ccc(-c7cc(-c8ccc9c%10ccccc%10c%10ccccc%10c9c8)cc(-n8c9ccccc9c9ccccc98)c7)cc6c6ccccc6c5c4)cc(-n4c5ccccc5c5ccccc54)c3)ccc21. The Morgan fingerprint density at radius 2 is 0.293 bits per heavy atom. The quantitative estimate of drug-likeness (QED) is 0.147. The molecule has 2 heteroatoms. The van der Waals surface area contributed by atoms with Crippen molar-refractivity contribution in [3.05, 3.63) is 328 Å². The first-order valence-corrected chi connectivity index (χ1v) is 32.0. The van der Waals surface area contributed by atoms with Crippen molar-refractivity contribution in [3.8, 4) is 55.9 Å². The zero-order valence-corrected chi connectivity index (χ0v) is 50.1. The van der Waals surface area contributed by atoms with Crippen molar-refractivity contribution in [2.24, 2.45) is 0 Å². The Hall–Kier alpha value is -12.1. The fraction of sp³-hybridized carbons (Fsp3) is 0. The van der Waals surface area contributed by atoms with Gasteiger partial charge in [0.25, 0.3) is 0 Å². The predicted molar refractivity (Wildman–Crippen MR) is 394 cm³/mol. The van der Waals surface area contributed by atoms with Crippen LogP contribution in [0.1, 0.15) is 0 Å². The number of aromatic nitrogens is 2. The van der Waals surface area contributed by atoms with E-state index in [1.165, 1.54) is 174 Å². The summed E-state index contributed by atoms with van der Waals surface area (Å²) in [5, 5.41) is 27.7. The van der Waals surface area contributed by atoms with Crippen molar-refractivity contribution >= 4 is 141 Å². The molecule has 0 aliphatic heterocycles. The van der Waals surface area contributed by atoms with Gasteiger partial charge in [0.1, 0.15) is 0 Å². The molecule has 424 valence electrons. The minimum atomic E-state index is 1.13. The maximum Gasteiger partial charge on any atom is 0.0541 e. The molecule has 20 rings (SSSR count). The van der Waals surface area contributed by atoms with E-state index in [-0.39, 0.29) is 0 Å². The molecule has 2 heterocycles. The Morgan fingerprint density at radius 3 is 0.511 bits per heavy atom. The average molecular weight is 1160 g/mol. The molecule has 0 fully saturated rings. The Labute approximate surface area is 529 Å². The van der Waals surface area contributed by atoms with Crippen molar-refractivity contribution in [2.45, 2.75) is 0 Å². The smallest absolute Gasteiger partial charge is 0.0541 e. The van der Waals surface area contributed by atoms with Crippen LogP contribution in [0, 0.1) is 0 Å². The van der Waals surface area contributed by atoms with E-state index in [0.717, 1.165) is 22.5 Å². The van der Waals surface area contributed by atoms with E-state index < -0.39 is 0 Å². The van der Waals surface area contributed by atoms with Crippen molar-refractivity contribution in [1.82, 2.24) is 9.13 Å². The summed E-state index contributed by atoms with van der Waals surface area (Å²) in [4.78, 5) is 0. The first-order valence-electron chi connectivity index (χ1n) is 32.0. The Kier molecular flexibility index (Phi) is 10.9. The van der Waals surface area contributed by atoms with E-state index in [2.05, 4.69) is 337 Å². The lowest BCUT2D eigenvalue weighted by Crippen LogP contribution is -1.96. The molecule has 92 heavy (non-hydrogen) atoms. The van der Waals surface area contributed by atoms with Crippen LogP contribution in [0.15, 0.2) is 328 Å². The minimum absolute atomic E-state index is 1.13. The molecule has 0 spiro atoms. The van der Waals surface area contributed by atoms with Crippen molar-refractivity contribution in [3.63, 3.8) is 0 Å². The fourth-order valence-electron chi connectivity index (χ4n) is 16.0. The lowest BCUT2D eigenvalue weighted by Gasteiger charge is -2.17. The summed E-state index contributed by atoms with van der Waals surface area (Å²) in [6.07, 6.45) is 0. The highest BCUT2D eigenvalue weighted by Crippen LogP contribution is 2.46. The summed E-state index contributed by atoms with van der Waals surface area (Å²) in [6.45, 7) is 0. The highest BCUT2D eigenvalue weighted by molar-refractivity contribution is 6.29. The molecule has 0 N–H and O–H groups in total. The lowest BCUT2D eigenvalue weighted by atomic mass is 9.89. The van der Waals surface area contributed by atoms with Gasteiger partial charge in [0.2, 0.25) is 0 Å². The van der Waals surface area contributed by atoms with Crippen LogP contribution < -0.4 is 0 Å². The first-order chi connectivity index (χ1) is 45.6. The number of hydrogen-bond acceptors (Lipinski definition) is 0. The van der Waals surface area contributed by atoms with Crippen molar-refractivity contribution in [2.75, 3.05) is 0 Å². The molecule has 2 nitrogen and oxygen atoms in total. The Balaban J connectivity index is 0.782. The second-order valence-corrected chi connectivity index (χ2v) is 25.0. The van der Waals surface area contributed by atoms with E-state index in [1.807, 2.05) is 0 Å². The van der Waals surface area contributed by atoms with E-state index in [4.69, 9.17) is 0 Å². The topological polar surface area (TPSA) is 9.86 Å². The number of hydrogen-bond donors (Lipinski definition) is 0. The molecular weight excluding hydrogens is 1110 g/mol. The van der Waals surface area contributed by atoms with Crippen LogP contribution in [0.4, 0.5) is 0 Å². The second kappa shape index (κ2) is 19.7. The number of para-hydroxylation sites is 4. The highest BCUT2D eigenvalue weighted by atomic mass is 15.0. The third kappa shape index (κ3) is 7.56. The van der Waals surface area contributed by atoms with Gasteiger partial charge in [-0.05, 0) is 226 Å². The van der Waals surface area contributed by atoms with Gasteiger partial charge >= 0.3 is 0 Å². The number of rotatable bonds is 6. The molecule has 18 aromatic carbocycles. The van der Waals surface area contributed by atoms with Gasteiger partial charge in [0.15, 0.2) is 0 Å². The summed E-state index contributed by atoms with van der Waals surface area (Å²) >= 11 is 0. The van der Waals surface area contributed by atoms with Gasteiger partial charge in [-0.15, -0.1) is 0 Å². The maximum atomic E-state index is 2.47. The highest BCUT2D eigenvalue weighted by Gasteiger charge is 2.20. The molecule has 20 aromatic rings. The number of nitrogens with zero attached hydrogens (tertiary/aromatic N) is 2. The predicted octanol–water partition coefficient (Wildman–Crippen LogP) is 24.9. The van der Waals surface area contributed by atoms with Crippen LogP contribution in [0.2, 0.25) is 0 Å². The van der Waals surface area contributed by atoms with E-state index >= 15 is 0 Å². The molecule has 0 amide bonds. The average Bonchev–Trinajstić information content (AvgIpc) is 0.892. The van der Waals surface area contributed by atoms with Gasteiger partial charge in [0.05, 0.1) is 22.1 Å². The van der Waals surface area contributed by atoms with Crippen LogP contribution in [0.5, 0.6) is 0 Å². The van der Waals surface area contributed by atoms with Crippen LogP contribution in [0.3, 0.4) is 0 Å². The third-order valence-corrected chi connectivity index (χ3v) is 20.2. The van der Waals surface area contributed by atoms with Crippen LogP contribution in [-0.4, -0.2) is 9.13 Å². The molecule has 0 radical (unpaired) electrons. The Bertz CT molecular complexity index is 5980. The molecule has 0 aliphatic carbocycles. The molecule has 2 aromatic heterocycles. The van der Waals surface area contributed by atoms with Gasteiger partial charge in [-0.1, -0.05) is 243 Å². The molecule has 0 unspecified atom stereocenters. The van der Waals surface area contributed by atoms with Crippen molar-refractivity contribution < 1.29 is 0 Å². The van der Waals surface area contributed by atoms with Gasteiger partial charge < -0.3 is 9.13 Å². The third-order valence-electron chi connectivity index (χ3n) is 20.2. The molecule has 0 saturated heterocycles. The normalized spacial score (nSPS) is 12.1. The largest absolute Gasteiger partial charge is 0.309 e. The zero-order chi connectivity index (χ0) is 60.1. The maximum absolute atomic E-state index is 2.47. The summed E-state index contributed by atoms with van der Waals surface area (Å²) in [5.41, 5.74) is 16.4. The van der Waals surface area contributed by atoms with Gasteiger partial charge in [-0.3, -0.25) is 0 Å². The summed E-state index contributed by atoms with van der Waals surface area (Å²) < 4.78 is 4.94. The molecule has 0 bridgehead atoms. The van der Waals surface area contributed by atoms with E-state index in [9.17, 15) is 0 Å². The lowest BCUT2D eigenvalue weighted by molar-refractivity contribution is 1.18. The number of benzene rings is 18. The fourth-order valence-corrected chi connectivity index (χ4v) is 16.0. The van der Waals surface area contributed by atoms with Gasteiger partial charge in [0, 0.05) is 32.9 Å². The molecular formula is C90H54N2. The standard InChI is InChI=1S/C90H54N2/c1-3-23-69-65(19-1)67-21-5-7-25-71(67)83-51-55(37-41-75(69)83)59-45-61(49-63(47-59)91-87-33-15-11-29-79(87)80-30-12-16-34-88(80)91)57-39-43-77-78-44-40-58(54-86(78)74-28-10-9-27-73(74)85(77)53-57)62-46-60(48-64(50-62)92-89-35-17-13-31-81(89)82-32-14-18-36-90(82)92)56-38-42-76-70-24-4-2-20-66(70)68-22-6-8-26-72(68)84(76)52-56/h1-54H. The monoisotopic (exact) mass is 1160 g/mol.